The summed E-state index contributed by atoms with van der Waals surface area (Å²) in [5.41, 5.74) is 3.35. The first-order valence-corrected chi connectivity index (χ1v) is 7.11. The van der Waals surface area contributed by atoms with E-state index in [2.05, 4.69) is 16.4 Å². The van der Waals surface area contributed by atoms with Crippen molar-refractivity contribution in [2.45, 2.75) is 6.42 Å². The number of nitriles is 1. The van der Waals surface area contributed by atoms with Gasteiger partial charge in [-0.25, -0.2) is 0 Å². The number of hydrogen-bond donors (Lipinski definition) is 2. The van der Waals surface area contributed by atoms with E-state index in [0.717, 1.165) is 22.9 Å². The van der Waals surface area contributed by atoms with Crippen molar-refractivity contribution in [3.05, 3.63) is 71.4 Å². The number of nitrogens with one attached hydrogen (secondary N) is 2. The molecular formula is C18H15N3O. The van der Waals surface area contributed by atoms with Crippen LogP contribution in [0.5, 0.6) is 0 Å². The third-order valence-corrected chi connectivity index (χ3v) is 3.60. The van der Waals surface area contributed by atoms with Gasteiger partial charge in [0.05, 0.1) is 5.56 Å². The number of carbonyl (C=O) groups excluding carboxylic acids is 1. The third-order valence-electron chi connectivity index (χ3n) is 3.60. The predicted molar refractivity (Wildman–Crippen MR) is 85.5 cm³/mol. The summed E-state index contributed by atoms with van der Waals surface area (Å²) >= 11 is 0. The van der Waals surface area contributed by atoms with Gasteiger partial charge in [-0.2, -0.15) is 5.26 Å². The lowest BCUT2D eigenvalue weighted by Crippen LogP contribution is -2.25. The van der Waals surface area contributed by atoms with Gasteiger partial charge < -0.3 is 10.3 Å². The van der Waals surface area contributed by atoms with E-state index in [1.165, 1.54) is 0 Å². The van der Waals surface area contributed by atoms with E-state index in [4.69, 9.17) is 5.26 Å². The summed E-state index contributed by atoms with van der Waals surface area (Å²) in [4.78, 5) is 15.0. The Hall–Kier alpha value is -3.06. The number of aromatic nitrogens is 1. The lowest BCUT2D eigenvalue weighted by Gasteiger charge is -2.05. The molecule has 0 fully saturated rings. The van der Waals surface area contributed by atoms with Crippen LogP contribution in [-0.2, 0) is 6.42 Å². The molecule has 0 radical (unpaired) electrons. The Kier molecular flexibility index (Phi) is 3.88. The standard InChI is InChI=1S/C18H15N3O/c19-11-15-12-21-17-7-6-13(10-16(15)17)8-9-20-18(22)14-4-2-1-3-5-14/h1-7,10,12,21H,8-9H2,(H,20,22). The quantitative estimate of drug-likeness (QED) is 0.775. The highest BCUT2D eigenvalue weighted by Crippen LogP contribution is 2.19. The topological polar surface area (TPSA) is 68.7 Å². The van der Waals surface area contributed by atoms with E-state index in [1.54, 1.807) is 18.3 Å². The summed E-state index contributed by atoms with van der Waals surface area (Å²) in [5.74, 6) is -0.0685. The monoisotopic (exact) mass is 289 g/mol. The van der Waals surface area contributed by atoms with Crippen molar-refractivity contribution < 1.29 is 4.79 Å². The Bertz CT molecular complexity index is 844. The van der Waals surface area contributed by atoms with Crippen molar-refractivity contribution in [2.24, 2.45) is 0 Å². The van der Waals surface area contributed by atoms with Crippen LogP contribution in [0.25, 0.3) is 10.9 Å². The first-order valence-electron chi connectivity index (χ1n) is 7.11. The molecule has 0 aliphatic heterocycles. The number of aromatic amines is 1. The number of carbonyl (C=O) groups is 1. The molecule has 0 aliphatic carbocycles. The highest BCUT2D eigenvalue weighted by Gasteiger charge is 2.06. The lowest BCUT2D eigenvalue weighted by atomic mass is 10.1. The summed E-state index contributed by atoms with van der Waals surface area (Å²) < 4.78 is 0. The lowest BCUT2D eigenvalue weighted by molar-refractivity contribution is 0.0954. The van der Waals surface area contributed by atoms with Crippen molar-refractivity contribution in [1.29, 1.82) is 5.26 Å². The maximum Gasteiger partial charge on any atom is 0.251 e. The number of rotatable bonds is 4. The first kappa shape index (κ1) is 13.9. The van der Waals surface area contributed by atoms with Gasteiger partial charge in [0.25, 0.3) is 5.91 Å². The molecular weight excluding hydrogens is 274 g/mol. The van der Waals surface area contributed by atoms with Gasteiger partial charge in [0.15, 0.2) is 0 Å². The molecule has 1 aromatic heterocycles. The van der Waals surface area contributed by atoms with Gasteiger partial charge >= 0.3 is 0 Å². The van der Waals surface area contributed by atoms with Crippen molar-refractivity contribution in [3.8, 4) is 6.07 Å². The van der Waals surface area contributed by atoms with Gasteiger partial charge in [-0.1, -0.05) is 24.3 Å². The fourth-order valence-corrected chi connectivity index (χ4v) is 2.43. The van der Waals surface area contributed by atoms with Crippen molar-refractivity contribution >= 4 is 16.8 Å². The number of hydrogen-bond acceptors (Lipinski definition) is 2. The van der Waals surface area contributed by atoms with E-state index < -0.39 is 0 Å². The number of benzene rings is 2. The Morgan fingerprint density at radius 1 is 1.18 bits per heavy atom. The minimum atomic E-state index is -0.0685. The van der Waals surface area contributed by atoms with Crippen LogP contribution in [0.2, 0.25) is 0 Å². The molecule has 4 nitrogen and oxygen atoms in total. The van der Waals surface area contributed by atoms with Crippen LogP contribution < -0.4 is 5.32 Å². The van der Waals surface area contributed by atoms with E-state index in [9.17, 15) is 4.79 Å². The Morgan fingerprint density at radius 2 is 2.00 bits per heavy atom. The predicted octanol–water partition coefficient (Wildman–Crippen LogP) is 3.01. The maximum atomic E-state index is 11.9. The Balaban J connectivity index is 1.64. The molecule has 0 bridgehead atoms. The Labute approximate surface area is 128 Å². The number of nitrogens with zero attached hydrogens (tertiary/aromatic N) is 1. The SMILES string of the molecule is N#Cc1c[nH]c2ccc(CCNC(=O)c3ccccc3)cc12. The molecule has 0 saturated carbocycles. The summed E-state index contributed by atoms with van der Waals surface area (Å²) in [7, 11) is 0. The van der Waals surface area contributed by atoms with E-state index >= 15 is 0 Å². The molecule has 3 aromatic rings. The summed E-state index contributed by atoms with van der Waals surface area (Å²) in [6, 6.07) is 17.3. The maximum absolute atomic E-state index is 11.9. The summed E-state index contributed by atoms with van der Waals surface area (Å²) in [5, 5.41) is 12.9. The molecule has 22 heavy (non-hydrogen) atoms. The molecule has 1 heterocycles. The third kappa shape index (κ3) is 2.84. The van der Waals surface area contributed by atoms with Crippen LogP contribution in [-0.4, -0.2) is 17.4 Å². The molecule has 4 heteroatoms. The molecule has 2 N–H and O–H groups in total. The number of amides is 1. The average molecular weight is 289 g/mol. The van der Waals surface area contributed by atoms with Gasteiger partial charge in [-0.05, 0) is 36.2 Å². The van der Waals surface area contributed by atoms with E-state index in [0.29, 0.717) is 17.7 Å². The highest BCUT2D eigenvalue weighted by molar-refractivity contribution is 5.94. The average Bonchev–Trinajstić information content (AvgIpc) is 2.98. The molecule has 2 aromatic carbocycles. The van der Waals surface area contributed by atoms with Gasteiger partial charge in [-0.15, -0.1) is 0 Å². The van der Waals surface area contributed by atoms with E-state index in [1.807, 2.05) is 36.4 Å². The fraction of sp³-hybridized carbons (Fsp3) is 0.111. The zero-order valence-electron chi connectivity index (χ0n) is 12.0. The van der Waals surface area contributed by atoms with Gasteiger partial charge in [-0.3, -0.25) is 4.79 Å². The zero-order chi connectivity index (χ0) is 15.4. The molecule has 0 spiro atoms. The van der Waals surface area contributed by atoms with Crippen LogP contribution in [0, 0.1) is 11.3 Å². The highest BCUT2D eigenvalue weighted by atomic mass is 16.1. The molecule has 0 saturated heterocycles. The minimum Gasteiger partial charge on any atom is -0.360 e. The van der Waals surface area contributed by atoms with Crippen LogP contribution >= 0.6 is 0 Å². The van der Waals surface area contributed by atoms with E-state index in [-0.39, 0.29) is 5.91 Å². The van der Waals surface area contributed by atoms with Crippen molar-refractivity contribution in [1.82, 2.24) is 10.3 Å². The first-order chi connectivity index (χ1) is 10.8. The smallest absolute Gasteiger partial charge is 0.251 e. The molecule has 108 valence electrons. The largest absolute Gasteiger partial charge is 0.360 e. The van der Waals surface area contributed by atoms with Crippen LogP contribution in [0.15, 0.2) is 54.7 Å². The Morgan fingerprint density at radius 3 is 2.77 bits per heavy atom. The van der Waals surface area contributed by atoms with Crippen LogP contribution in [0.3, 0.4) is 0 Å². The second kappa shape index (κ2) is 6.15. The molecule has 3 rings (SSSR count). The zero-order valence-corrected chi connectivity index (χ0v) is 12.0. The molecule has 1 amide bonds. The fourth-order valence-electron chi connectivity index (χ4n) is 2.43. The molecule has 0 aliphatic rings. The number of H-pyrrole nitrogens is 1. The minimum absolute atomic E-state index is 0.0685. The van der Waals surface area contributed by atoms with Gasteiger partial charge in [0, 0.05) is 29.2 Å². The second-order valence-corrected chi connectivity index (χ2v) is 5.07. The summed E-state index contributed by atoms with van der Waals surface area (Å²) in [6.07, 6.45) is 2.44. The van der Waals surface area contributed by atoms with Gasteiger partial charge in [0.1, 0.15) is 6.07 Å². The second-order valence-electron chi connectivity index (χ2n) is 5.07. The molecule has 0 unspecified atom stereocenters. The van der Waals surface area contributed by atoms with Crippen molar-refractivity contribution in [2.75, 3.05) is 6.54 Å². The van der Waals surface area contributed by atoms with Crippen molar-refractivity contribution in [3.63, 3.8) is 0 Å². The van der Waals surface area contributed by atoms with Gasteiger partial charge in [0.2, 0.25) is 0 Å². The van der Waals surface area contributed by atoms with Crippen LogP contribution in [0.1, 0.15) is 21.5 Å². The van der Waals surface area contributed by atoms with Crippen LogP contribution in [0.4, 0.5) is 0 Å². The normalized spacial score (nSPS) is 10.3. The molecule has 0 atom stereocenters. The number of fused-ring (bicyclic) bond motifs is 1. The summed E-state index contributed by atoms with van der Waals surface area (Å²) in [6.45, 7) is 0.561.